The highest BCUT2D eigenvalue weighted by atomic mass is 16.7. The Bertz CT molecular complexity index is 254. The van der Waals surface area contributed by atoms with Crippen molar-refractivity contribution in [3.63, 3.8) is 0 Å². The van der Waals surface area contributed by atoms with Crippen molar-refractivity contribution in [3.8, 4) is 12.3 Å². The number of carbonyl (C=O) groups is 1. The maximum absolute atomic E-state index is 11.4. The average Bonchev–Trinajstić information content (AvgIpc) is 2.23. The van der Waals surface area contributed by atoms with Crippen LogP contribution in [-0.2, 0) is 19.0 Å². The van der Waals surface area contributed by atoms with Crippen molar-refractivity contribution in [2.75, 3.05) is 14.2 Å². The number of methoxy groups -OCH3 is 2. The van der Waals surface area contributed by atoms with E-state index in [1.807, 2.05) is 13.8 Å². The lowest BCUT2D eigenvalue weighted by Gasteiger charge is -2.28. The molecule has 0 radical (unpaired) electrons. The molecule has 15 heavy (non-hydrogen) atoms. The number of hydrogen-bond acceptors (Lipinski definition) is 4. The number of esters is 1. The molecule has 0 bridgehead atoms. The summed E-state index contributed by atoms with van der Waals surface area (Å²) in [6.07, 6.45) is 4.72. The highest BCUT2D eigenvalue weighted by molar-refractivity contribution is 5.82. The summed E-state index contributed by atoms with van der Waals surface area (Å²) in [5, 5.41) is 0. The van der Waals surface area contributed by atoms with Crippen LogP contribution in [0, 0.1) is 18.3 Å². The molecular formula is C11H18O4. The zero-order valence-corrected chi connectivity index (χ0v) is 9.87. The Hall–Kier alpha value is -1.05. The van der Waals surface area contributed by atoms with E-state index in [1.54, 1.807) is 0 Å². The van der Waals surface area contributed by atoms with Gasteiger partial charge in [-0.05, 0) is 6.92 Å². The molecule has 0 aliphatic rings. The lowest BCUT2D eigenvalue weighted by Crippen LogP contribution is -2.43. The molecule has 2 atom stereocenters. The summed E-state index contributed by atoms with van der Waals surface area (Å²) in [5.74, 6) is 1.76. The minimum atomic E-state index is -1.40. The summed E-state index contributed by atoms with van der Waals surface area (Å²) in [4.78, 5) is 11.4. The highest BCUT2D eigenvalue weighted by Crippen LogP contribution is 2.19. The number of ether oxygens (including phenoxy) is 3. The van der Waals surface area contributed by atoms with E-state index in [2.05, 4.69) is 10.7 Å². The zero-order chi connectivity index (χ0) is 12.1. The Balaban J connectivity index is 4.71. The van der Waals surface area contributed by atoms with Crippen LogP contribution >= 0.6 is 0 Å². The van der Waals surface area contributed by atoms with Crippen LogP contribution in [0.4, 0.5) is 0 Å². The van der Waals surface area contributed by atoms with E-state index < -0.39 is 17.9 Å². The van der Waals surface area contributed by atoms with Gasteiger partial charge in [-0.3, -0.25) is 0 Å². The first-order valence-corrected chi connectivity index (χ1v) is 4.68. The van der Waals surface area contributed by atoms with Crippen LogP contribution in [0.5, 0.6) is 0 Å². The standard InChI is InChI=1S/C11H18O4/c1-7-11(4,10(12)14-6)15-9(13-5)8(2)3/h1,8-9H,2-6H3. The van der Waals surface area contributed by atoms with Crippen molar-refractivity contribution in [1.29, 1.82) is 0 Å². The summed E-state index contributed by atoms with van der Waals surface area (Å²) in [6.45, 7) is 5.29. The van der Waals surface area contributed by atoms with Crippen molar-refractivity contribution in [3.05, 3.63) is 0 Å². The minimum Gasteiger partial charge on any atom is -0.466 e. The predicted molar refractivity (Wildman–Crippen MR) is 56.0 cm³/mol. The summed E-state index contributed by atoms with van der Waals surface area (Å²) in [7, 11) is 2.76. The Morgan fingerprint density at radius 2 is 1.93 bits per heavy atom. The van der Waals surface area contributed by atoms with Gasteiger partial charge in [-0.15, -0.1) is 6.42 Å². The second kappa shape index (κ2) is 5.74. The monoisotopic (exact) mass is 214 g/mol. The maximum Gasteiger partial charge on any atom is 0.350 e. The van der Waals surface area contributed by atoms with Gasteiger partial charge in [-0.2, -0.15) is 0 Å². The van der Waals surface area contributed by atoms with Crippen molar-refractivity contribution < 1.29 is 19.0 Å². The molecule has 86 valence electrons. The van der Waals surface area contributed by atoms with E-state index in [9.17, 15) is 4.79 Å². The molecule has 0 heterocycles. The third-order valence-corrected chi connectivity index (χ3v) is 1.98. The van der Waals surface area contributed by atoms with E-state index in [0.717, 1.165) is 0 Å². The molecule has 2 unspecified atom stereocenters. The van der Waals surface area contributed by atoms with Gasteiger partial charge in [0.05, 0.1) is 7.11 Å². The van der Waals surface area contributed by atoms with Crippen LogP contribution < -0.4 is 0 Å². The van der Waals surface area contributed by atoms with Gasteiger partial charge in [0.25, 0.3) is 0 Å². The lowest BCUT2D eigenvalue weighted by atomic mass is 10.1. The molecule has 4 nitrogen and oxygen atoms in total. The first-order chi connectivity index (χ1) is 6.91. The molecule has 0 aliphatic carbocycles. The topological polar surface area (TPSA) is 44.8 Å². The van der Waals surface area contributed by atoms with E-state index in [-0.39, 0.29) is 5.92 Å². The summed E-state index contributed by atoms with van der Waals surface area (Å²) >= 11 is 0. The molecule has 0 N–H and O–H groups in total. The number of terminal acetylenes is 1. The fourth-order valence-electron chi connectivity index (χ4n) is 1.02. The molecule has 0 spiro atoms. The van der Waals surface area contributed by atoms with Crippen LogP contribution in [0.2, 0.25) is 0 Å². The Morgan fingerprint density at radius 3 is 2.20 bits per heavy atom. The maximum atomic E-state index is 11.4. The summed E-state index contributed by atoms with van der Waals surface area (Å²) < 4.78 is 15.1. The third kappa shape index (κ3) is 3.54. The third-order valence-electron chi connectivity index (χ3n) is 1.98. The van der Waals surface area contributed by atoms with Crippen LogP contribution in [0.15, 0.2) is 0 Å². The SMILES string of the molecule is C#CC(C)(OC(OC)C(C)C)C(=O)OC. The largest absolute Gasteiger partial charge is 0.466 e. The van der Waals surface area contributed by atoms with Gasteiger partial charge in [0.1, 0.15) is 0 Å². The molecule has 0 aromatic carbocycles. The van der Waals surface area contributed by atoms with E-state index in [1.165, 1.54) is 21.1 Å². The van der Waals surface area contributed by atoms with Gasteiger partial charge in [0.15, 0.2) is 6.29 Å². The van der Waals surface area contributed by atoms with Gasteiger partial charge < -0.3 is 14.2 Å². The molecule has 0 saturated heterocycles. The van der Waals surface area contributed by atoms with Crippen LogP contribution in [0.1, 0.15) is 20.8 Å². The first-order valence-electron chi connectivity index (χ1n) is 4.68. The van der Waals surface area contributed by atoms with Gasteiger partial charge >= 0.3 is 5.97 Å². The average molecular weight is 214 g/mol. The fraction of sp³-hybridized carbons (Fsp3) is 0.727. The minimum absolute atomic E-state index is 0.0901. The zero-order valence-electron chi connectivity index (χ0n) is 9.87. The molecule has 0 rings (SSSR count). The second-order valence-electron chi connectivity index (χ2n) is 3.64. The van der Waals surface area contributed by atoms with Crippen molar-refractivity contribution >= 4 is 5.97 Å². The molecule has 0 aromatic heterocycles. The first kappa shape index (κ1) is 13.9. The van der Waals surface area contributed by atoms with Crippen molar-refractivity contribution in [1.82, 2.24) is 0 Å². The molecule has 0 fully saturated rings. The number of rotatable bonds is 5. The van der Waals surface area contributed by atoms with E-state index in [4.69, 9.17) is 15.9 Å². The Morgan fingerprint density at radius 1 is 1.40 bits per heavy atom. The summed E-state index contributed by atoms with van der Waals surface area (Å²) in [5.41, 5.74) is -1.40. The molecule has 0 amide bonds. The van der Waals surface area contributed by atoms with Crippen LogP contribution in [0.3, 0.4) is 0 Å². The van der Waals surface area contributed by atoms with Gasteiger partial charge in [0, 0.05) is 13.0 Å². The smallest absolute Gasteiger partial charge is 0.350 e. The predicted octanol–water partition coefficient (Wildman–Crippen LogP) is 1.20. The quantitative estimate of drug-likeness (QED) is 0.392. The fourth-order valence-corrected chi connectivity index (χ4v) is 1.02. The second-order valence-corrected chi connectivity index (χ2v) is 3.64. The van der Waals surface area contributed by atoms with Crippen LogP contribution in [-0.4, -0.2) is 32.1 Å². The van der Waals surface area contributed by atoms with Gasteiger partial charge in [0.2, 0.25) is 5.60 Å². The van der Waals surface area contributed by atoms with Crippen LogP contribution in [0.25, 0.3) is 0 Å². The molecule has 0 aliphatic heterocycles. The van der Waals surface area contributed by atoms with E-state index in [0.29, 0.717) is 0 Å². The molecule has 4 heteroatoms. The van der Waals surface area contributed by atoms with Gasteiger partial charge in [-0.1, -0.05) is 19.8 Å². The molecular weight excluding hydrogens is 196 g/mol. The van der Waals surface area contributed by atoms with Crippen molar-refractivity contribution in [2.45, 2.75) is 32.7 Å². The van der Waals surface area contributed by atoms with Crippen molar-refractivity contribution in [2.24, 2.45) is 5.92 Å². The molecule has 0 aromatic rings. The number of hydrogen-bond donors (Lipinski definition) is 0. The summed E-state index contributed by atoms with van der Waals surface area (Å²) in [6, 6.07) is 0. The Labute approximate surface area is 90.9 Å². The van der Waals surface area contributed by atoms with Gasteiger partial charge in [-0.25, -0.2) is 4.79 Å². The highest BCUT2D eigenvalue weighted by Gasteiger charge is 2.37. The molecule has 0 saturated carbocycles. The van der Waals surface area contributed by atoms with E-state index >= 15 is 0 Å². The Kier molecular flexibility index (Phi) is 5.34. The lowest BCUT2D eigenvalue weighted by molar-refractivity contribution is -0.209. The number of carbonyl (C=O) groups excluding carboxylic acids is 1. The normalized spacial score (nSPS) is 16.6.